The van der Waals surface area contributed by atoms with Crippen LogP contribution in [0, 0.1) is 11.8 Å². The topological polar surface area (TPSA) is 24.5 Å². The molecule has 0 amide bonds. The molecule has 0 aromatic rings. The molecule has 0 saturated heterocycles. The molecular formula is C17H38N2O. The lowest BCUT2D eigenvalue weighted by Gasteiger charge is -2.33. The number of methoxy groups -OCH3 is 1. The fraction of sp³-hybridized carbons (Fsp3) is 1.00. The largest absolute Gasteiger partial charge is 0.383 e. The summed E-state index contributed by atoms with van der Waals surface area (Å²) in [5.74, 6) is 1.52. The van der Waals surface area contributed by atoms with E-state index in [1.165, 1.54) is 25.9 Å². The summed E-state index contributed by atoms with van der Waals surface area (Å²) in [5, 5.41) is 3.56. The smallest absolute Gasteiger partial charge is 0.0630 e. The van der Waals surface area contributed by atoms with Crippen LogP contribution in [0.25, 0.3) is 0 Å². The van der Waals surface area contributed by atoms with Gasteiger partial charge in [0.05, 0.1) is 6.61 Å². The monoisotopic (exact) mass is 286 g/mol. The normalized spacial score (nSPS) is 13.9. The fourth-order valence-corrected chi connectivity index (χ4v) is 2.18. The average Bonchev–Trinajstić information content (AvgIpc) is 2.34. The van der Waals surface area contributed by atoms with Gasteiger partial charge in [0.1, 0.15) is 0 Å². The number of hydrogen-bond donors (Lipinski definition) is 1. The van der Waals surface area contributed by atoms with Crippen LogP contribution in [0.3, 0.4) is 0 Å². The molecule has 1 atom stereocenters. The van der Waals surface area contributed by atoms with Crippen molar-refractivity contribution in [3.8, 4) is 0 Å². The van der Waals surface area contributed by atoms with E-state index in [4.69, 9.17) is 4.74 Å². The molecule has 3 nitrogen and oxygen atoms in total. The van der Waals surface area contributed by atoms with Gasteiger partial charge in [0.15, 0.2) is 0 Å². The SMILES string of the molecule is COCC(CNC(C)C)N(CCC(C)C)CCC(C)C. The zero-order valence-corrected chi connectivity index (χ0v) is 14.9. The van der Waals surface area contributed by atoms with E-state index in [1.807, 2.05) is 7.11 Å². The van der Waals surface area contributed by atoms with Crippen molar-refractivity contribution in [1.82, 2.24) is 10.2 Å². The van der Waals surface area contributed by atoms with Crippen molar-refractivity contribution in [3.05, 3.63) is 0 Å². The van der Waals surface area contributed by atoms with Gasteiger partial charge in [0, 0.05) is 25.7 Å². The van der Waals surface area contributed by atoms with Crippen LogP contribution in [0.2, 0.25) is 0 Å². The summed E-state index contributed by atoms with van der Waals surface area (Å²) in [6, 6.07) is 1.02. The first-order chi connectivity index (χ1) is 9.36. The Balaban J connectivity index is 4.51. The van der Waals surface area contributed by atoms with E-state index >= 15 is 0 Å². The van der Waals surface area contributed by atoms with E-state index < -0.39 is 0 Å². The number of nitrogens with one attached hydrogen (secondary N) is 1. The van der Waals surface area contributed by atoms with Gasteiger partial charge in [0.2, 0.25) is 0 Å². The summed E-state index contributed by atoms with van der Waals surface area (Å²) in [4.78, 5) is 2.62. The van der Waals surface area contributed by atoms with Gasteiger partial charge < -0.3 is 10.1 Å². The van der Waals surface area contributed by atoms with Crippen molar-refractivity contribution < 1.29 is 4.74 Å². The molecule has 0 heterocycles. The molecule has 3 heteroatoms. The summed E-state index contributed by atoms with van der Waals surface area (Å²) in [6.07, 6.45) is 2.53. The molecule has 1 N–H and O–H groups in total. The summed E-state index contributed by atoms with van der Waals surface area (Å²) in [6.45, 7) is 17.8. The molecule has 122 valence electrons. The molecule has 0 radical (unpaired) electrons. The van der Waals surface area contributed by atoms with Gasteiger partial charge in [-0.2, -0.15) is 0 Å². The lowest BCUT2D eigenvalue weighted by Crippen LogP contribution is -2.47. The molecule has 0 fully saturated rings. The number of ether oxygens (including phenoxy) is 1. The van der Waals surface area contributed by atoms with Crippen LogP contribution in [-0.2, 0) is 4.74 Å². The summed E-state index contributed by atoms with van der Waals surface area (Å²) in [5.41, 5.74) is 0. The summed E-state index contributed by atoms with van der Waals surface area (Å²) >= 11 is 0. The lowest BCUT2D eigenvalue weighted by molar-refractivity contribution is 0.0815. The van der Waals surface area contributed by atoms with Crippen molar-refractivity contribution in [2.75, 3.05) is 33.4 Å². The third kappa shape index (κ3) is 10.6. The van der Waals surface area contributed by atoms with Crippen molar-refractivity contribution >= 4 is 0 Å². The zero-order chi connectivity index (χ0) is 15.5. The second-order valence-corrected chi connectivity index (χ2v) is 7.07. The van der Waals surface area contributed by atoms with E-state index in [-0.39, 0.29) is 0 Å². The number of rotatable bonds is 12. The summed E-state index contributed by atoms with van der Waals surface area (Å²) in [7, 11) is 1.81. The van der Waals surface area contributed by atoms with E-state index in [0.717, 1.165) is 25.0 Å². The van der Waals surface area contributed by atoms with Crippen molar-refractivity contribution in [2.24, 2.45) is 11.8 Å². The predicted molar refractivity (Wildman–Crippen MR) is 89.3 cm³/mol. The minimum absolute atomic E-state index is 0.486. The third-order valence-electron chi connectivity index (χ3n) is 3.62. The Bertz CT molecular complexity index is 205. The minimum atomic E-state index is 0.486. The maximum absolute atomic E-state index is 5.45. The minimum Gasteiger partial charge on any atom is -0.383 e. The molecule has 0 aliphatic heterocycles. The Morgan fingerprint density at radius 2 is 1.40 bits per heavy atom. The molecule has 0 rings (SSSR count). The predicted octanol–water partition coefficient (Wildman–Crippen LogP) is 3.39. The Morgan fingerprint density at radius 3 is 1.75 bits per heavy atom. The molecule has 0 spiro atoms. The second-order valence-electron chi connectivity index (χ2n) is 7.07. The average molecular weight is 287 g/mol. The number of hydrogen-bond acceptors (Lipinski definition) is 3. The first-order valence-corrected chi connectivity index (χ1v) is 8.33. The van der Waals surface area contributed by atoms with Crippen molar-refractivity contribution in [3.63, 3.8) is 0 Å². The number of nitrogens with zero attached hydrogens (tertiary/aromatic N) is 1. The van der Waals surface area contributed by atoms with Crippen LogP contribution >= 0.6 is 0 Å². The Kier molecular flexibility index (Phi) is 11.5. The van der Waals surface area contributed by atoms with Gasteiger partial charge >= 0.3 is 0 Å². The van der Waals surface area contributed by atoms with Crippen LogP contribution in [0.15, 0.2) is 0 Å². The highest BCUT2D eigenvalue weighted by molar-refractivity contribution is 4.76. The fourth-order valence-electron chi connectivity index (χ4n) is 2.18. The lowest BCUT2D eigenvalue weighted by atomic mass is 10.1. The Morgan fingerprint density at radius 1 is 0.900 bits per heavy atom. The van der Waals surface area contributed by atoms with Crippen LogP contribution in [0.4, 0.5) is 0 Å². The molecule has 0 aliphatic carbocycles. The van der Waals surface area contributed by atoms with Gasteiger partial charge in [-0.3, -0.25) is 4.90 Å². The molecule has 20 heavy (non-hydrogen) atoms. The molecule has 0 bridgehead atoms. The molecule has 1 unspecified atom stereocenters. The molecular weight excluding hydrogens is 248 g/mol. The van der Waals surface area contributed by atoms with E-state index in [1.54, 1.807) is 0 Å². The Labute approximate surface area is 127 Å². The van der Waals surface area contributed by atoms with Crippen LogP contribution < -0.4 is 5.32 Å². The van der Waals surface area contributed by atoms with Crippen LogP contribution in [-0.4, -0.2) is 50.3 Å². The highest BCUT2D eigenvalue weighted by atomic mass is 16.5. The third-order valence-corrected chi connectivity index (χ3v) is 3.62. The van der Waals surface area contributed by atoms with Gasteiger partial charge in [-0.15, -0.1) is 0 Å². The first kappa shape index (κ1) is 19.9. The van der Waals surface area contributed by atoms with E-state index in [0.29, 0.717) is 12.1 Å². The van der Waals surface area contributed by atoms with Crippen LogP contribution in [0.5, 0.6) is 0 Å². The van der Waals surface area contributed by atoms with Gasteiger partial charge in [0.25, 0.3) is 0 Å². The van der Waals surface area contributed by atoms with Crippen molar-refractivity contribution in [2.45, 2.75) is 66.5 Å². The Hall–Kier alpha value is -0.120. The maximum atomic E-state index is 5.45. The zero-order valence-electron chi connectivity index (χ0n) is 14.9. The highest BCUT2D eigenvalue weighted by Gasteiger charge is 2.19. The van der Waals surface area contributed by atoms with E-state index in [2.05, 4.69) is 51.8 Å². The molecule has 0 aliphatic rings. The van der Waals surface area contributed by atoms with Crippen molar-refractivity contribution in [1.29, 1.82) is 0 Å². The summed E-state index contributed by atoms with van der Waals surface area (Å²) < 4.78 is 5.45. The highest BCUT2D eigenvalue weighted by Crippen LogP contribution is 2.10. The molecule has 0 aromatic heterocycles. The first-order valence-electron chi connectivity index (χ1n) is 8.33. The van der Waals surface area contributed by atoms with Gasteiger partial charge in [-0.25, -0.2) is 0 Å². The van der Waals surface area contributed by atoms with Gasteiger partial charge in [-0.1, -0.05) is 41.5 Å². The quantitative estimate of drug-likeness (QED) is 0.595. The van der Waals surface area contributed by atoms with Gasteiger partial charge in [-0.05, 0) is 37.8 Å². The van der Waals surface area contributed by atoms with E-state index in [9.17, 15) is 0 Å². The van der Waals surface area contributed by atoms with Crippen LogP contribution in [0.1, 0.15) is 54.4 Å². The molecule has 0 aromatic carbocycles. The standard InChI is InChI=1S/C17H38N2O/c1-14(2)8-10-19(11-9-15(3)4)17(13-20-7)12-18-16(5)6/h14-18H,8-13H2,1-7H3. The maximum Gasteiger partial charge on any atom is 0.0630 e. The second kappa shape index (κ2) is 11.5. The molecule has 0 saturated carbocycles.